The monoisotopic (exact) mass is 326 g/mol. The molecule has 0 saturated heterocycles. The maximum Gasteiger partial charge on any atom is 0.342 e. The molecule has 4 nitrogen and oxygen atoms in total. The lowest BCUT2D eigenvalue weighted by atomic mass is 10.1. The number of benzene rings is 1. The first kappa shape index (κ1) is 15.6. The SMILES string of the molecule is Cc1cc(C(=O)OCC(=O)c2cc(Cl)ccc2Cl)c(C)o1. The molecular formula is C15H12Cl2O4. The number of halogens is 2. The quantitative estimate of drug-likeness (QED) is 0.622. The first-order chi connectivity index (χ1) is 9.88. The van der Waals surface area contributed by atoms with E-state index in [4.69, 9.17) is 32.4 Å². The molecule has 0 aliphatic carbocycles. The summed E-state index contributed by atoms with van der Waals surface area (Å²) in [4.78, 5) is 23.9. The number of hydrogen-bond donors (Lipinski definition) is 0. The van der Waals surface area contributed by atoms with Gasteiger partial charge in [-0.2, -0.15) is 0 Å². The minimum Gasteiger partial charge on any atom is -0.466 e. The van der Waals surface area contributed by atoms with Gasteiger partial charge in [-0.05, 0) is 38.1 Å². The van der Waals surface area contributed by atoms with Crippen molar-refractivity contribution < 1.29 is 18.7 Å². The lowest BCUT2D eigenvalue weighted by Crippen LogP contribution is -2.14. The van der Waals surface area contributed by atoms with Crippen LogP contribution in [0.25, 0.3) is 0 Å². The zero-order valence-corrected chi connectivity index (χ0v) is 12.9. The Labute approximate surface area is 131 Å². The van der Waals surface area contributed by atoms with Crippen molar-refractivity contribution in [3.8, 4) is 0 Å². The van der Waals surface area contributed by atoms with Gasteiger partial charge >= 0.3 is 5.97 Å². The topological polar surface area (TPSA) is 56.5 Å². The third kappa shape index (κ3) is 3.65. The van der Waals surface area contributed by atoms with E-state index < -0.39 is 18.4 Å². The fourth-order valence-corrected chi connectivity index (χ4v) is 2.23. The van der Waals surface area contributed by atoms with Crippen molar-refractivity contribution in [1.82, 2.24) is 0 Å². The van der Waals surface area contributed by atoms with E-state index in [0.29, 0.717) is 22.1 Å². The van der Waals surface area contributed by atoms with E-state index in [1.54, 1.807) is 26.0 Å². The number of esters is 1. The second kappa shape index (κ2) is 6.33. The van der Waals surface area contributed by atoms with Gasteiger partial charge in [-0.3, -0.25) is 4.79 Å². The smallest absolute Gasteiger partial charge is 0.342 e. The maximum absolute atomic E-state index is 12.0. The summed E-state index contributed by atoms with van der Waals surface area (Å²) in [5.74, 6) is 0.0129. The molecule has 6 heteroatoms. The van der Waals surface area contributed by atoms with Gasteiger partial charge < -0.3 is 9.15 Å². The molecule has 21 heavy (non-hydrogen) atoms. The largest absolute Gasteiger partial charge is 0.466 e. The fourth-order valence-electron chi connectivity index (χ4n) is 1.83. The van der Waals surface area contributed by atoms with Crippen molar-refractivity contribution in [3.63, 3.8) is 0 Å². The van der Waals surface area contributed by atoms with Crippen LogP contribution in [0.15, 0.2) is 28.7 Å². The van der Waals surface area contributed by atoms with Gasteiger partial charge in [-0.15, -0.1) is 0 Å². The van der Waals surface area contributed by atoms with E-state index in [0.717, 1.165) is 0 Å². The van der Waals surface area contributed by atoms with E-state index >= 15 is 0 Å². The molecule has 0 spiro atoms. The van der Waals surface area contributed by atoms with E-state index in [1.807, 2.05) is 0 Å². The van der Waals surface area contributed by atoms with Gasteiger partial charge in [0.05, 0.1) is 5.02 Å². The minimum atomic E-state index is -0.615. The molecule has 110 valence electrons. The number of furan rings is 1. The van der Waals surface area contributed by atoms with E-state index in [9.17, 15) is 9.59 Å². The van der Waals surface area contributed by atoms with Gasteiger partial charge in [0.15, 0.2) is 6.61 Å². The molecule has 1 aromatic heterocycles. The molecule has 0 unspecified atom stereocenters. The van der Waals surface area contributed by atoms with Crippen LogP contribution < -0.4 is 0 Å². The summed E-state index contributed by atoms with van der Waals surface area (Å²) in [7, 11) is 0. The molecule has 1 aromatic carbocycles. The normalized spacial score (nSPS) is 10.5. The van der Waals surface area contributed by atoms with E-state index in [-0.39, 0.29) is 10.6 Å². The number of aryl methyl sites for hydroxylation is 2. The van der Waals surface area contributed by atoms with Gasteiger partial charge in [0.25, 0.3) is 0 Å². The van der Waals surface area contributed by atoms with Crippen molar-refractivity contribution in [2.75, 3.05) is 6.61 Å². The third-order valence-electron chi connectivity index (χ3n) is 2.82. The summed E-state index contributed by atoms with van der Waals surface area (Å²) in [6.07, 6.45) is 0. The number of rotatable bonds is 4. The molecule has 0 amide bonds. The van der Waals surface area contributed by atoms with Crippen LogP contribution in [0.5, 0.6) is 0 Å². The summed E-state index contributed by atoms with van der Waals surface area (Å²) < 4.78 is 10.2. The summed E-state index contributed by atoms with van der Waals surface area (Å²) in [5.41, 5.74) is 0.523. The second-order valence-corrected chi connectivity index (χ2v) is 5.29. The molecule has 1 heterocycles. The maximum atomic E-state index is 12.0. The molecule has 2 rings (SSSR count). The molecule has 0 aliphatic rings. The van der Waals surface area contributed by atoms with Crippen molar-refractivity contribution in [3.05, 3.63) is 57.0 Å². The number of hydrogen-bond acceptors (Lipinski definition) is 4. The summed E-state index contributed by atoms with van der Waals surface area (Å²) in [6, 6.07) is 6.09. The Kier molecular flexibility index (Phi) is 4.70. The molecular weight excluding hydrogens is 315 g/mol. The number of carbonyl (C=O) groups excluding carboxylic acids is 2. The zero-order chi connectivity index (χ0) is 15.6. The molecule has 0 atom stereocenters. The van der Waals surface area contributed by atoms with Crippen LogP contribution in [-0.4, -0.2) is 18.4 Å². The molecule has 0 N–H and O–H groups in total. The number of carbonyl (C=O) groups is 2. The molecule has 0 radical (unpaired) electrons. The van der Waals surface area contributed by atoms with Gasteiger partial charge in [0, 0.05) is 10.6 Å². The third-order valence-corrected chi connectivity index (χ3v) is 3.39. The summed E-state index contributed by atoms with van der Waals surface area (Å²) in [5, 5.41) is 0.645. The van der Waals surface area contributed by atoms with Gasteiger partial charge in [0.1, 0.15) is 17.1 Å². The molecule has 0 fully saturated rings. The average Bonchev–Trinajstić information content (AvgIpc) is 2.77. The van der Waals surface area contributed by atoms with Crippen molar-refractivity contribution >= 4 is 35.0 Å². The number of ether oxygens (including phenoxy) is 1. The van der Waals surface area contributed by atoms with E-state index in [2.05, 4.69) is 0 Å². The highest BCUT2D eigenvalue weighted by atomic mass is 35.5. The Morgan fingerprint density at radius 3 is 2.48 bits per heavy atom. The first-order valence-corrected chi connectivity index (χ1v) is 6.86. The Morgan fingerprint density at radius 1 is 1.14 bits per heavy atom. The highest BCUT2D eigenvalue weighted by Gasteiger charge is 2.18. The Balaban J connectivity index is 2.06. The lowest BCUT2D eigenvalue weighted by molar-refractivity contribution is 0.0473. The number of ketones is 1. The number of Topliss-reactive ketones (excluding diaryl/α,β-unsaturated/α-hetero) is 1. The Hall–Kier alpha value is -1.78. The summed E-state index contributed by atoms with van der Waals surface area (Å²) >= 11 is 11.7. The van der Waals surface area contributed by atoms with Crippen LogP contribution in [0.4, 0.5) is 0 Å². The molecule has 0 saturated carbocycles. The van der Waals surface area contributed by atoms with Crippen LogP contribution in [-0.2, 0) is 4.74 Å². The van der Waals surface area contributed by atoms with Crippen LogP contribution >= 0.6 is 23.2 Å². The van der Waals surface area contributed by atoms with Crippen LogP contribution in [0, 0.1) is 13.8 Å². The highest BCUT2D eigenvalue weighted by Crippen LogP contribution is 2.21. The standard InChI is InChI=1S/C15H12Cl2O4/c1-8-5-11(9(2)21-8)15(19)20-7-14(18)12-6-10(16)3-4-13(12)17/h3-6H,7H2,1-2H3. The fraction of sp³-hybridized carbons (Fsp3) is 0.200. The van der Waals surface area contributed by atoms with Crippen LogP contribution in [0.2, 0.25) is 10.0 Å². The van der Waals surface area contributed by atoms with Crippen LogP contribution in [0.3, 0.4) is 0 Å². The second-order valence-electron chi connectivity index (χ2n) is 4.45. The average molecular weight is 327 g/mol. The zero-order valence-electron chi connectivity index (χ0n) is 11.4. The molecule has 2 aromatic rings. The van der Waals surface area contributed by atoms with Crippen molar-refractivity contribution in [2.45, 2.75) is 13.8 Å². The van der Waals surface area contributed by atoms with Gasteiger partial charge in [0.2, 0.25) is 5.78 Å². The van der Waals surface area contributed by atoms with E-state index in [1.165, 1.54) is 12.1 Å². The van der Waals surface area contributed by atoms with Crippen LogP contribution in [0.1, 0.15) is 32.2 Å². The molecule has 0 aliphatic heterocycles. The lowest BCUT2D eigenvalue weighted by Gasteiger charge is -2.05. The van der Waals surface area contributed by atoms with Crippen molar-refractivity contribution in [1.29, 1.82) is 0 Å². The first-order valence-electron chi connectivity index (χ1n) is 6.11. The van der Waals surface area contributed by atoms with Crippen molar-refractivity contribution in [2.24, 2.45) is 0 Å². The molecule has 0 bridgehead atoms. The van der Waals surface area contributed by atoms with Gasteiger partial charge in [-0.1, -0.05) is 23.2 Å². The summed E-state index contributed by atoms with van der Waals surface area (Å²) in [6.45, 7) is 2.96. The predicted molar refractivity (Wildman–Crippen MR) is 79.3 cm³/mol. The Morgan fingerprint density at radius 2 is 1.86 bits per heavy atom. The minimum absolute atomic E-state index is 0.220. The van der Waals surface area contributed by atoms with Gasteiger partial charge in [-0.25, -0.2) is 4.79 Å². The Bertz CT molecular complexity index is 704. The highest BCUT2D eigenvalue weighted by molar-refractivity contribution is 6.36. The predicted octanol–water partition coefficient (Wildman–Crippen LogP) is 4.24.